The fraction of sp³-hybridized carbons (Fsp3) is 0.500. The Hall–Kier alpha value is -0.600. The van der Waals surface area contributed by atoms with E-state index in [9.17, 15) is 0 Å². The Morgan fingerprint density at radius 3 is 2.40 bits per heavy atom. The van der Waals surface area contributed by atoms with Crippen LogP contribution >= 0.6 is 0 Å². The van der Waals surface area contributed by atoms with Crippen LogP contribution in [0.15, 0.2) is 24.8 Å². The molecule has 0 N–H and O–H groups in total. The van der Waals surface area contributed by atoms with Gasteiger partial charge in [0.25, 0.3) is 0 Å². The van der Waals surface area contributed by atoms with Crippen LogP contribution in [0.1, 0.15) is 6.42 Å². The average molecular weight is 142 g/mol. The minimum atomic E-state index is -0.129. The molecule has 2 nitrogen and oxygen atoms in total. The minimum absolute atomic E-state index is 0.129. The summed E-state index contributed by atoms with van der Waals surface area (Å²) >= 11 is 0. The van der Waals surface area contributed by atoms with Crippen LogP contribution < -0.4 is 0 Å². The first-order valence-corrected chi connectivity index (χ1v) is 3.18. The van der Waals surface area contributed by atoms with Crippen molar-refractivity contribution >= 4 is 0 Å². The lowest BCUT2D eigenvalue weighted by molar-refractivity contribution is -0.0986. The highest BCUT2D eigenvalue weighted by Crippen LogP contribution is 1.97. The molecule has 0 aromatic heterocycles. The fourth-order valence-corrected chi connectivity index (χ4v) is 0.575. The molecule has 0 spiro atoms. The third-order valence-electron chi connectivity index (χ3n) is 1.13. The number of allylic oxidation sites excluding steroid dienone is 2. The van der Waals surface area contributed by atoms with Crippen LogP contribution in [-0.2, 0) is 9.47 Å². The zero-order chi connectivity index (χ0) is 7.82. The monoisotopic (exact) mass is 142 g/mol. The largest absolute Gasteiger partial charge is 0.356 e. The van der Waals surface area contributed by atoms with Crippen LogP contribution in [0.25, 0.3) is 0 Å². The maximum absolute atomic E-state index is 4.94. The van der Waals surface area contributed by atoms with Crippen molar-refractivity contribution in [2.75, 3.05) is 14.2 Å². The van der Waals surface area contributed by atoms with Gasteiger partial charge in [-0.2, -0.15) is 0 Å². The van der Waals surface area contributed by atoms with Crippen molar-refractivity contribution in [2.45, 2.75) is 12.7 Å². The second-order valence-corrected chi connectivity index (χ2v) is 1.80. The summed E-state index contributed by atoms with van der Waals surface area (Å²) in [4.78, 5) is 0. The number of hydrogen-bond acceptors (Lipinski definition) is 2. The van der Waals surface area contributed by atoms with Gasteiger partial charge in [-0.25, -0.2) is 0 Å². The SMILES string of the molecule is C=CC=CCC(OC)OC. The molecule has 0 heterocycles. The molecule has 0 aromatic carbocycles. The minimum Gasteiger partial charge on any atom is -0.356 e. The van der Waals surface area contributed by atoms with Crippen molar-refractivity contribution in [1.82, 2.24) is 0 Å². The molecule has 0 aliphatic carbocycles. The Morgan fingerprint density at radius 1 is 1.40 bits per heavy atom. The Kier molecular flexibility index (Phi) is 6.13. The molecule has 2 heteroatoms. The molecular formula is C8H14O2. The predicted octanol–water partition coefficient (Wildman–Crippen LogP) is 1.74. The van der Waals surface area contributed by atoms with Gasteiger partial charge in [-0.1, -0.05) is 24.8 Å². The van der Waals surface area contributed by atoms with Crippen molar-refractivity contribution in [3.05, 3.63) is 24.8 Å². The summed E-state index contributed by atoms with van der Waals surface area (Å²) in [7, 11) is 3.24. The van der Waals surface area contributed by atoms with Crippen LogP contribution in [0, 0.1) is 0 Å². The molecule has 0 unspecified atom stereocenters. The van der Waals surface area contributed by atoms with Crippen LogP contribution in [-0.4, -0.2) is 20.5 Å². The van der Waals surface area contributed by atoms with E-state index in [0.29, 0.717) is 0 Å². The van der Waals surface area contributed by atoms with Crippen molar-refractivity contribution in [1.29, 1.82) is 0 Å². The zero-order valence-electron chi connectivity index (χ0n) is 6.54. The molecule has 58 valence electrons. The molecule has 0 aromatic rings. The second-order valence-electron chi connectivity index (χ2n) is 1.80. The van der Waals surface area contributed by atoms with Crippen LogP contribution in [0.2, 0.25) is 0 Å². The standard InChI is InChI=1S/C8H14O2/c1-4-5-6-7-8(9-2)10-3/h4-6,8H,1,7H2,2-3H3. The topological polar surface area (TPSA) is 18.5 Å². The zero-order valence-corrected chi connectivity index (χ0v) is 6.54. The predicted molar refractivity (Wildman–Crippen MR) is 41.8 cm³/mol. The maximum Gasteiger partial charge on any atom is 0.160 e. The third kappa shape index (κ3) is 4.30. The highest BCUT2D eigenvalue weighted by atomic mass is 16.7. The highest BCUT2D eigenvalue weighted by Gasteiger charge is 1.98. The molecular weight excluding hydrogens is 128 g/mol. The average Bonchev–Trinajstić information content (AvgIpc) is 1.99. The normalized spacial score (nSPS) is 11.1. The number of ether oxygens (including phenoxy) is 2. The fourth-order valence-electron chi connectivity index (χ4n) is 0.575. The number of rotatable bonds is 5. The summed E-state index contributed by atoms with van der Waals surface area (Å²) in [6.45, 7) is 3.54. The van der Waals surface area contributed by atoms with Gasteiger partial charge in [0.05, 0.1) is 0 Å². The molecule has 0 fully saturated rings. The molecule has 0 saturated carbocycles. The summed E-state index contributed by atoms with van der Waals surface area (Å²) in [5, 5.41) is 0. The third-order valence-corrected chi connectivity index (χ3v) is 1.13. The van der Waals surface area contributed by atoms with Crippen molar-refractivity contribution in [3.63, 3.8) is 0 Å². The smallest absolute Gasteiger partial charge is 0.160 e. The van der Waals surface area contributed by atoms with Crippen LogP contribution in [0.5, 0.6) is 0 Å². The number of hydrogen-bond donors (Lipinski definition) is 0. The summed E-state index contributed by atoms with van der Waals surface area (Å²) < 4.78 is 9.88. The Bertz CT molecular complexity index is 104. The molecule has 0 rings (SSSR count). The van der Waals surface area contributed by atoms with E-state index in [1.165, 1.54) is 0 Å². The van der Waals surface area contributed by atoms with E-state index in [2.05, 4.69) is 6.58 Å². The van der Waals surface area contributed by atoms with E-state index < -0.39 is 0 Å². The van der Waals surface area contributed by atoms with Crippen molar-refractivity contribution in [3.8, 4) is 0 Å². The summed E-state index contributed by atoms with van der Waals surface area (Å²) in [5.41, 5.74) is 0. The number of methoxy groups -OCH3 is 2. The first-order valence-electron chi connectivity index (χ1n) is 3.18. The molecule has 0 atom stereocenters. The van der Waals surface area contributed by atoms with E-state index in [1.807, 2.05) is 12.2 Å². The van der Waals surface area contributed by atoms with Gasteiger partial charge >= 0.3 is 0 Å². The van der Waals surface area contributed by atoms with Crippen LogP contribution in [0.3, 0.4) is 0 Å². The van der Waals surface area contributed by atoms with E-state index >= 15 is 0 Å². The molecule has 0 bridgehead atoms. The maximum atomic E-state index is 4.94. The van der Waals surface area contributed by atoms with Crippen LogP contribution in [0.4, 0.5) is 0 Å². The van der Waals surface area contributed by atoms with E-state index in [0.717, 1.165) is 6.42 Å². The van der Waals surface area contributed by atoms with E-state index in [-0.39, 0.29) is 6.29 Å². The molecule has 0 aliphatic rings. The van der Waals surface area contributed by atoms with Gasteiger partial charge in [0.15, 0.2) is 6.29 Å². The lowest BCUT2D eigenvalue weighted by atomic mass is 10.3. The first kappa shape index (κ1) is 9.40. The Labute approximate surface area is 62.1 Å². The quantitative estimate of drug-likeness (QED) is 0.430. The lowest BCUT2D eigenvalue weighted by Gasteiger charge is -2.09. The van der Waals surface area contributed by atoms with Gasteiger partial charge in [-0.15, -0.1) is 0 Å². The summed E-state index contributed by atoms with van der Waals surface area (Å²) in [6.07, 6.45) is 6.17. The van der Waals surface area contributed by atoms with Gasteiger partial charge in [-0.05, 0) is 0 Å². The van der Waals surface area contributed by atoms with Gasteiger partial charge in [0, 0.05) is 20.6 Å². The molecule has 0 aliphatic heterocycles. The molecule has 0 amide bonds. The summed E-state index contributed by atoms with van der Waals surface area (Å²) in [6, 6.07) is 0. The van der Waals surface area contributed by atoms with Crippen molar-refractivity contribution in [2.24, 2.45) is 0 Å². The van der Waals surface area contributed by atoms with Gasteiger partial charge in [0.1, 0.15) is 0 Å². The van der Waals surface area contributed by atoms with Crippen molar-refractivity contribution < 1.29 is 9.47 Å². The first-order chi connectivity index (χ1) is 4.85. The Morgan fingerprint density at radius 2 is 2.00 bits per heavy atom. The lowest BCUT2D eigenvalue weighted by Crippen LogP contribution is -2.10. The van der Waals surface area contributed by atoms with Gasteiger partial charge in [0.2, 0.25) is 0 Å². The molecule has 0 radical (unpaired) electrons. The Balaban J connectivity index is 3.43. The van der Waals surface area contributed by atoms with E-state index in [4.69, 9.17) is 9.47 Å². The van der Waals surface area contributed by atoms with E-state index in [1.54, 1.807) is 20.3 Å². The molecule has 10 heavy (non-hydrogen) atoms. The van der Waals surface area contributed by atoms with Gasteiger partial charge in [-0.3, -0.25) is 0 Å². The highest BCUT2D eigenvalue weighted by molar-refractivity contribution is 4.97. The second kappa shape index (κ2) is 6.52. The van der Waals surface area contributed by atoms with Gasteiger partial charge < -0.3 is 9.47 Å². The summed E-state index contributed by atoms with van der Waals surface area (Å²) in [5.74, 6) is 0. The molecule has 0 saturated heterocycles.